The normalized spacial score (nSPS) is 11.5. The highest BCUT2D eigenvalue weighted by molar-refractivity contribution is 6.17. The van der Waals surface area contributed by atoms with Crippen LogP contribution in [0.15, 0.2) is 156 Å². The fraction of sp³-hybridized carbons (Fsp3) is 0. The van der Waals surface area contributed by atoms with E-state index in [2.05, 4.69) is 59.2 Å². The number of hydrogen-bond acceptors (Lipinski definition) is 5. The second kappa shape index (κ2) is 10.6. The van der Waals surface area contributed by atoms with Crippen molar-refractivity contribution in [3.05, 3.63) is 152 Å². The number of aromatic nitrogens is 5. The minimum absolute atomic E-state index is 0.598. The first-order chi connectivity index (χ1) is 22.8. The van der Waals surface area contributed by atoms with E-state index in [9.17, 15) is 0 Å². The van der Waals surface area contributed by atoms with Crippen molar-refractivity contribution in [3.8, 4) is 51.3 Å². The van der Waals surface area contributed by atoms with E-state index in [1.54, 1.807) is 0 Å². The van der Waals surface area contributed by atoms with Gasteiger partial charge in [-0.15, -0.1) is 0 Å². The van der Waals surface area contributed by atoms with Gasteiger partial charge in [0.25, 0.3) is 0 Å². The Morgan fingerprint density at radius 1 is 0.435 bits per heavy atom. The van der Waals surface area contributed by atoms with E-state index >= 15 is 0 Å². The molecule has 0 saturated carbocycles. The second-order valence-corrected chi connectivity index (χ2v) is 11.1. The van der Waals surface area contributed by atoms with Gasteiger partial charge in [0.05, 0.1) is 11.0 Å². The maximum absolute atomic E-state index is 6.30. The van der Waals surface area contributed by atoms with Crippen molar-refractivity contribution >= 4 is 32.9 Å². The zero-order chi connectivity index (χ0) is 30.5. The molecule has 6 aromatic carbocycles. The lowest BCUT2D eigenvalue weighted by molar-refractivity contribution is 0.620. The van der Waals surface area contributed by atoms with Gasteiger partial charge in [-0.1, -0.05) is 109 Å². The predicted molar refractivity (Wildman–Crippen MR) is 183 cm³/mol. The largest absolute Gasteiger partial charge is 0.436 e. The lowest BCUT2D eigenvalue weighted by atomic mass is 10.1. The van der Waals surface area contributed by atoms with E-state index in [4.69, 9.17) is 24.4 Å². The van der Waals surface area contributed by atoms with Crippen LogP contribution in [-0.2, 0) is 0 Å². The van der Waals surface area contributed by atoms with Crippen LogP contribution in [0, 0.1) is 0 Å². The Labute approximate surface area is 264 Å². The summed E-state index contributed by atoms with van der Waals surface area (Å²) in [6, 6.07) is 51.1. The summed E-state index contributed by atoms with van der Waals surface area (Å²) in [7, 11) is 0. The lowest BCUT2D eigenvalue weighted by Gasteiger charge is -2.11. The van der Waals surface area contributed by atoms with Gasteiger partial charge in [0.2, 0.25) is 5.89 Å². The highest BCUT2D eigenvalue weighted by Gasteiger charge is 2.20. The van der Waals surface area contributed by atoms with Gasteiger partial charge < -0.3 is 8.98 Å². The molecule has 6 nitrogen and oxygen atoms in total. The van der Waals surface area contributed by atoms with Crippen LogP contribution in [0.25, 0.3) is 84.2 Å². The Bertz CT molecular complexity index is 2460. The van der Waals surface area contributed by atoms with Gasteiger partial charge in [0.1, 0.15) is 5.52 Å². The number of nitrogens with zero attached hydrogens (tertiary/aromatic N) is 5. The molecule has 0 aliphatic carbocycles. The summed E-state index contributed by atoms with van der Waals surface area (Å²) in [6.45, 7) is 0. The minimum Gasteiger partial charge on any atom is -0.436 e. The fourth-order valence-corrected chi connectivity index (χ4v) is 6.13. The molecule has 0 unspecified atom stereocenters. The highest BCUT2D eigenvalue weighted by atomic mass is 16.3. The molecule has 6 heteroatoms. The number of fused-ring (bicyclic) bond motifs is 5. The summed E-state index contributed by atoms with van der Waals surface area (Å²) in [4.78, 5) is 19.9. The molecule has 3 aromatic heterocycles. The molecule has 46 heavy (non-hydrogen) atoms. The van der Waals surface area contributed by atoms with Crippen molar-refractivity contribution in [1.29, 1.82) is 0 Å². The van der Waals surface area contributed by atoms with Gasteiger partial charge in [0.15, 0.2) is 23.1 Å². The van der Waals surface area contributed by atoms with Crippen molar-refractivity contribution in [1.82, 2.24) is 24.5 Å². The predicted octanol–water partition coefficient (Wildman–Crippen LogP) is 9.78. The van der Waals surface area contributed by atoms with Gasteiger partial charge in [-0.3, -0.25) is 0 Å². The molecule has 9 aromatic rings. The lowest BCUT2D eigenvalue weighted by Crippen LogP contribution is -2.01. The van der Waals surface area contributed by atoms with Crippen molar-refractivity contribution in [2.24, 2.45) is 0 Å². The first-order valence-corrected chi connectivity index (χ1v) is 15.2. The van der Waals surface area contributed by atoms with Crippen LogP contribution < -0.4 is 0 Å². The first kappa shape index (κ1) is 26.0. The van der Waals surface area contributed by atoms with Crippen LogP contribution >= 0.6 is 0 Å². The third-order valence-electron chi connectivity index (χ3n) is 8.28. The van der Waals surface area contributed by atoms with Gasteiger partial charge in [-0.2, -0.15) is 0 Å². The average molecular weight is 592 g/mol. The van der Waals surface area contributed by atoms with E-state index in [1.807, 2.05) is 97.1 Å². The second-order valence-electron chi connectivity index (χ2n) is 11.1. The summed E-state index contributed by atoms with van der Waals surface area (Å²) in [5.74, 6) is 2.46. The minimum atomic E-state index is 0.598. The molecule has 0 aliphatic heterocycles. The Morgan fingerprint density at radius 3 is 1.67 bits per heavy atom. The Kier molecular flexibility index (Phi) is 6.03. The van der Waals surface area contributed by atoms with E-state index in [0.717, 1.165) is 60.8 Å². The number of rotatable bonds is 5. The summed E-state index contributed by atoms with van der Waals surface area (Å²) in [6.07, 6.45) is 0. The summed E-state index contributed by atoms with van der Waals surface area (Å²) in [5.41, 5.74) is 8.30. The first-order valence-electron chi connectivity index (χ1n) is 15.2. The number of benzene rings is 6. The summed E-state index contributed by atoms with van der Waals surface area (Å²) < 4.78 is 8.57. The van der Waals surface area contributed by atoms with Crippen molar-refractivity contribution in [2.45, 2.75) is 0 Å². The van der Waals surface area contributed by atoms with Gasteiger partial charge >= 0.3 is 0 Å². The molecule has 0 bridgehead atoms. The molecule has 0 N–H and O–H groups in total. The van der Waals surface area contributed by atoms with Crippen LogP contribution in [0.1, 0.15) is 0 Å². The number of para-hydroxylation sites is 1. The Morgan fingerprint density at radius 2 is 1.00 bits per heavy atom. The average Bonchev–Trinajstić information content (AvgIpc) is 3.72. The topological polar surface area (TPSA) is 69.6 Å². The van der Waals surface area contributed by atoms with Gasteiger partial charge in [-0.25, -0.2) is 19.9 Å². The molecule has 0 aliphatic rings. The maximum Gasteiger partial charge on any atom is 0.227 e. The fourth-order valence-electron chi connectivity index (χ4n) is 6.13. The molecule has 216 valence electrons. The van der Waals surface area contributed by atoms with E-state index in [1.165, 1.54) is 0 Å². The van der Waals surface area contributed by atoms with Crippen LogP contribution in [-0.4, -0.2) is 24.5 Å². The van der Waals surface area contributed by atoms with Crippen molar-refractivity contribution in [2.75, 3.05) is 0 Å². The van der Waals surface area contributed by atoms with E-state index in [0.29, 0.717) is 23.4 Å². The SMILES string of the molecule is c1ccc(-c2nc(-c3ccccc3)nc(-c3cccc(-n4c5ccccc5c5ccc6oc(-c7ccccc7)nc6c54)c3)n2)cc1. The quantitative estimate of drug-likeness (QED) is 0.199. The molecular formula is C40H25N5O. The monoisotopic (exact) mass is 591 g/mol. The molecule has 0 spiro atoms. The van der Waals surface area contributed by atoms with Gasteiger partial charge in [-0.05, 0) is 42.5 Å². The highest BCUT2D eigenvalue weighted by Crippen LogP contribution is 2.38. The van der Waals surface area contributed by atoms with Gasteiger partial charge in [0, 0.05) is 38.7 Å². The number of hydrogen-bond donors (Lipinski definition) is 0. The zero-order valence-corrected chi connectivity index (χ0v) is 24.6. The molecule has 0 atom stereocenters. The van der Waals surface area contributed by atoms with Crippen LogP contribution in [0.4, 0.5) is 0 Å². The zero-order valence-electron chi connectivity index (χ0n) is 24.6. The third-order valence-corrected chi connectivity index (χ3v) is 8.28. The summed E-state index contributed by atoms with van der Waals surface area (Å²) >= 11 is 0. The smallest absolute Gasteiger partial charge is 0.227 e. The van der Waals surface area contributed by atoms with Crippen molar-refractivity contribution in [3.63, 3.8) is 0 Å². The number of oxazole rings is 1. The molecule has 0 saturated heterocycles. The molecular weight excluding hydrogens is 566 g/mol. The summed E-state index contributed by atoms with van der Waals surface area (Å²) in [5, 5.41) is 2.26. The van der Waals surface area contributed by atoms with Crippen LogP contribution in [0.5, 0.6) is 0 Å². The Hall–Kier alpha value is -6.40. The van der Waals surface area contributed by atoms with E-state index < -0.39 is 0 Å². The third kappa shape index (κ3) is 4.35. The Balaban J connectivity index is 1.27. The molecule has 9 rings (SSSR count). The molecule has 0 radical (unpaired) electrons. The van der Waals surface area contributed by atoms with E-state index in [-0.39, 0.29) is 0 Å². The van der Waals surface area contributed by atoms with Crippen molar-refractivity contribution < 1.29 is 4.42 Å². The molecule has 0 amide bonds. The molecule has 3 heterocycles. The van der Waals surface area contributed by atoms with Crippen LogP contribution in [0.3, 0.4) is 0 Å². The molecule has 0 fully saturated rings. The maximum atomic E-state index is 6.30. The standard InChI is InChI=1S/C40H25N5O/c1-4-13-26(14-5-1)37-42-38(27-15-6-2-7-16-27)44-39(43-37)29-19-12-20-30(25-29)45-33-22-11-10-21-31(33)32-23-24-34-35(36(32)45)41-40(46-34)28-17-8-3-9-18-28/h1-25H. The van der Waals surface area contributed by atoms with Crippen LogP contribution in [0.2, 0.25) is 0 Å².